The molecular formula is C13H13FN2O2. The lowest BCUT2D eigenvalue weighted by Crippen LogP contribution is -2.04. The topological polar surface area (TPSA) is 55.1 Å². The molecule has 0 fully saturated rings. The average Bonchev–Trinajstić information content (AvgIpc) is 2.75. The zero-order valence-electron chi connectivity index (χ0n) is 9.93. The van der Waals surface area contributed by atoms with Crippen molar-refractivity contribution in [1.82, 2.24) is 9.55 Å². The highest BCUT2D eigenvalue weighted by Crippen LogP contribution is 2.13. The van der Waals surface area contributed by atoms with Crippen LogP contribution in [0.15, 0.2) is 30.6 Å². The van der Waals surface area contributed by atoms with Crippen LogP contribution in [-0.2, 0) is 13.0 Å². The number of imidazole rings is 1. The third-order valence-electron chi connectivity index (χ3n) is 2.71. The number of carbonyl (C=O) groups is 1. The molecule has 0 aliphatic carbocycles. The van der Waals surface area contributed by atoms with E-state index in [1.807, 2.05) is 17.7 Å². The van der Waals surface area contributed by atoms with Gasteiger partial charge in [-0.3, -0.25) is 0 Å². The summed E-state index contributed by atoms with van der Waals surface area (Å²) in [7, 11) is 0. The van der Waals surface area contributed by atoms with Gasteiger partial charge in [0, 0.05) is 25.4 Å². The number of aromatic carboxylic acids is 1. The van der Waals surface area contributed by atoms with Crippen molar-refractivity contribution in [2.75, 3.05) is 0 Å². The van der Waals surface area contributed by atoms with Gasteiger partial charge in [-0.1, -0.05) is 0 Å². The molecule has 2 aromatic rings. The Kier molecular flexibility index (Phi) is 3.41. The summed E-state index contributed by atoms with van der Waals surface area (Å²) in [5, 5.41) is 8.87. The summed E-state index contributed by atoms with van der Waals surface area (Å²) in [6, 6.07) is 3.82. The lowest BCUT2D eigenvalue weighted by Gasteiger charge is -2.06. The highest BCUT2D eigenvalue weighted by molar-refractivity contribution is 5.87. The first-order valence-corrected chi connectivity index (χ1v) is 5.63. The Morgan fingerprint density at radius 3 is 2.89 bits per heavy atom. The van der Waals surface area contributed by atoms with Gasteiger partial charge >= 0.3 is 5.97 Å². The Balaban J connectivity index is 2.32. The predicted octanol–water partition coefficient (Wildman–Crippen LogP) is 2.33. The minimum absolute atomic E-state index is 0.0420. The molecule has 2 rings (SSSR count). The van der Waals surface area contributed by atoms with E-state index < -0.39 is 11.8 Å². The van der Waals surface area contributed by atoms with E-state index in [-0.39, 0.29) is 5.56 Å². The van der Waals surface area contributed by atoms with Crippen LogP contribution in [0.5, 0.6) is 0 Å². The molecule has 1 aromatic carbocycles. The largest absolute Gasteiger partial charge is 0.478 e. The second-order valence-corrected chi connectivity index (χ2v) is 3.96. The zero-order valence-corrected chi connectivity index (χ0v) is 9.93. The predicted molar refractivity (Wildman–Crippen MR) is 64.1 cm³/mol. The maximum absolute atomic E-state index is 13.3. The van der Waals surface area contributed by atoms with Crippen molar-refractivity contribution in [2.45, 2.75) is 19.9 Å². The number of nitrogens with zero attached hydrogens (tertiary/aromatic N) is 2. The van der Waals surface area contributed by atoms with Gasteiger partial charge in [0.1, 0.15) is 11.6 Å². The van der Waals surface area contributed by atoms with Gasteiger partial charge in [0.15, 0.2) is 0 Å². The second kappa shape index (κ2) is 5.00. The van der Waals surface area contributed by atoms with Crippen LogP contribution in [0.1, 0.15) is 28.7 Å². The number of hydrogen-bond donors (Lipinski definition) is 1. The zero-order chi connectivity index (χ0) is 13.1. The van der Waals surface area contributed by atoms with Crippen molar-refractivity contribution < 1.29 is 14.3 Å². The van der Waals surface area contributed by atoms with Gasteiger partial charge in [-0.2, -0.15) is 0 Å². The van der Waals surface area contributed by atoms with E-state index in [2.05, 4.69) is 4.98 Å². The third-order valence-corrected chi connectivity index (χ3v) is 2.71. The Hall–Kier alpha value is -2.17. The Labute approximate surface area is 104 Å². The van der Waals surface area contributed by atoms with Gasteiger partial charge in [-0.05, 0) is 30.7 Å². The van der Waals surface area contributed by atoms with E-state index in [0.717, 1.165) is 18.4 Å². The molecule has 1 N–H and O–H groups in total. The molecule has 0 unspecified atom stereocenters. The molecule has 4 nitrogen and oxygen atoms in total. The molecule has 0 spiro atoms. The van der Waals surface area contributed by atoms with E-state index in [9.17, 15) is 9.18 Å². The normalized spacial score (nSPS) is 10.6. The molecular weight excluding hydrogens is 235 g/mol. The van der Waals surface area contributed by atoms with Crippen molar-refractivity contribution >= 4 is 5.97 Å². The fourth-order valence-corrected chi connectivity index (χ4v) is 1.85. The van der Waals surface area contributed by atoms with Crippen LogP contribution >= 0.6 is 0 Å². The summed E-state index contributed by atoms with van der Waals surface area (Å²) in [6.07, 6.45) is 3.93. The maximum atomic E-state index is 13.3. The molecule has 0 radical (unpaired) electrons. The van der Waals surface area contributed by atoms with Gasteiger partial charge < -0.3 is 9.67 Å². The summed E-state index contributed by atoms with van der Waals surface area (Å²) < 4.78 is 15.2. The Morgan fingerprint density at radius 1 is 1.44 bits per heavy atom. The van der Waals surface area contributed by atoms with Gasteiger partial charge in [0.2, 0.25) is 0 Å². The molecule has 0 saturated heterocycles. The minimum atomic E-state index is -1.13. The molecule has 0 atom stereocenters. The summed E-state index contributed by atoms with van der Waals surface area (Å²) in [6.45, 7) is 2.76. The molecule has 1 aromatic heterocycles. The van der Waals surface area contributed by atoms with Crippen LogP contribution in [-0.4, -0.2) is 20.6 Å². The van der Waals surface area contributed by atoms with Crippen molar-refractivity contribution in [2.24, 2.45) is 0 Å². The SMILES string of the molecule is CCn1ccnc1Cc1cc(F)cc(C(=O)O)c1. The quantitative estimate of drug-likeness (QED) is 0.903. The van der Waals surface area contributed by atoms with Gasteiger partial charge in [0.05, 0.1) is 5.56 Å². The van der Waals surface area contributed by atoms with Gasteiger partial charge in [0.25, 0.3) is 0 Å². The van der Waals surface area contributed by atoms with Crippen LogP contribution in [0.4, 0.5) is 4.39 Å². The molecule has 18 heavy (non-hydrogen) atoms. The standard InChI is InChI=1S/C13H13FN2O2/c1-2-16-4-3-15-12(16)7-9-5-10(13(17)18)8-11(14)6-9/h3-6,8H,2,7H2,1H3,(H,17,18). The lowest BCUT2D eigenvalue weighted by atomic mass is 10.1. The lowest BCUT2D eigenvalue weighted by molar-refractivity contribution is 0.0696. The van der Waals surface area contributed by atoms with Crippen molar-refractivity contribution in [3.8, 4) is 0 Å². The van der Waals surface area contributed by atoms with Gasteiger partial charge in [-0.25, -0.2) is 14.2 Å². The molecule has 94 valence electrons. The highest BCUT2D eigenvalue weighted by Gasteiger charge is 2.09. The Bertz CT molecular complexity index is 578. The monoisotopic (exact) mass is 248 g/mol. The molecule has 0 amide bonds. The maximum Gasteiger partial charge on any atom is 0.335 e. The highest BCUT2D eigenvalue weighted by atomic mass is 19.1. The molecule has 0 aliphatic heterocycles. The van der Waals surface area contributed by atoms with Crippen LogP contribution in [0.3, 0.4) is 0 Å². The number of halogens is 1. The van der Waals surface area contributed by atoms with E-state index in [4.69, 9.17) is 5.11 Å². The number of benzene rings is 1. The number of aryl methyl sites for hydroxylation is 1. The van der Waals surface area contributed by atoms with Crippen LogP contribution in [0.2, 0.25) is 0 Å². The molecule has 1 heterocycles. The van der Waals surface area contributed by atoms with Crippen LogP contribution in [0.25, 0.3) is 0 Å². The van der Waals surface area contributed by atoms with Crippen molar-refractivity contribution in [3.63, 3.8) is 0 Å². The Morgan fingerprint density at radius 2 is 2.22 bits per heavy atom. The molecule has 0 saturated carbocycles. The molecule has 0 bridgehead atoms. The smallest absolute Gasteiger partial charge is 0.335 e. The molecule has 5 heteroatoms. The number of carboxylic acid groups (broad SMARTS) is 1. The van der Waals surface area contributed by atoms with Crippen LogP contribution in [0, 0.1) is 5.82 Å². The average molecular weight is 248 g/mol. The van der Waals surface area contributed by atoms with Crippen molar-refractivity contribution in [1.29, 1.82) is 0 Å². The summed E-state index contributed by atoms with van der Waals surface area (Å²) in [4.78, 5) is 15.0. The number of aromatic nitrogens is 2. The summed E-state index contributed by atoms with van der Waals surface area (Å²) in [5.41, 5.74) is 0.563. The minimum Gasteiger partial charge on any atom is -0.478 e. The first-order valence-electron chi connectivity index (χ1n) is 5.63. The first kappa shape index (κ1) is 12.3. The number of hydrogen-bond acceptors (Lipinski definition) is 2. The van der Waals surface area contributed by atoms with E-state index in [1.54, 1.807) is 6.20 Å². The van der Waals surface area contributed by atoms with E-state index in [0.29, 0.717) is 12.0 Å². The first-order chi connectivity index (χ1) is 8.60. The fourth-order valence-electron chi connectivity index (χ4n) is 1.85. The van der Waals surface area contributed by atoms with Crippen molar-refractivity contribution in [3.05, 3.63) is 53.4 Å². The fraction of sp³-hybridized carbons (Fsp3) is 0.231. The second-order valence-electron chi connectivity index (χ2n) is 3.96. The van der Waals surface area contributed by atoms with Gasteiger partial charge in [-0.15, -0.1) is 0 Å². The third kappa shape index (κ3) is 2.56. The molecule has 0 aliphatic rings. The van der Waals surface area contributed by atoms with E-state index in [1.165, 1.54) is 12.1 Å². The number of rotatable bonds is 4. The van der Waals surface area contributed by atoms with E-state index >= 15 is 0 Å². The summed E-state index contributed by atoms with van der Waals surface area (Å²) >= 11 is 0. The van der Waals surface area contributed by atoms with Crippen LogP contribution < -0.4 is 0 Å². The summed E-state index contributed by atoms with van der Waals surface area (Å²) in [5.74, 6) is -0.881. The number of carboxylic acids is 1.